The molecular weight excluding hydrogens is 282 g/mol. The molecule has 2 aromatic rings. The summed E-state index contributed by atoms with van der Waals surface area (Å²) in [6, 6.07) is 2.74. The molecule has 1 saturated heterocycles. The van der Waals surface area contributed by atoms with Crippen molar-refractivity contribution in [3.8, 4) is 0 Å². The lowest BCUT2D eigenvalue weighted by molar-refractivity contribution is 0.264. The number of likely N-dealkylation sites (tertiary alicyclic amines) is 1. The second-order valence-electron chi connectivity index (χ2n) is 5.65. The van der Waals surface area contributed by atoms with E-state index in [0.717, 1.165) is 35.5 Å². The second kappa shape index (κ2) is 6.15. The number of fused-ring (bicyclic) bond motifs is 1. The Hall–Kier alpha value is -1.40. The van der Waals surface area contributed by atoms with E-state index in [1.165, 1.54) is 17.7 Å². The molecule has 3 rings (SSSR count). The lowest BCUT2D eigenvalue weighted by Crippen LogP contribution is -2.36. The van der Waals surface area contributed by atoms with E-state index in [-0.39, 0.29) is 0 Å². The van der Waals surface area contributed by atoms with Crippen LogP contribution in [0, 0.1) is 0 Å². The van der Waals surface area contributed by atoms with Gasteiger partial charge in [-0.05, 0) is 45.5 Å². The Balaban J connectivity index is 1.90. The van der Waals surface area contributed by atoms with Crippen molar-refractivity contribution in [3.05, 3.63) is 10.9 Å². The first-order chi connectivity index (χ1) is 10.2. The highest BCUT2D eigenvalue weighted by molar-refractivity contribution is 7.18. The number of piperidine rings is 1. The molecule has 0 spiro atoms. The molecule has 2 aromatic heterocycles. The van der Waals surface area contributed by atoms with Crippen LogP contribution in [0.25, 0.3) is 10.2 Å². The van der Waals surface area contributed by atoms with Crippen LogP contribution in [0.15, 0.2) is 6.07 Å². The highest BCUT2D eigenvalue weighted by Crippen LogP contribution is 2.31. The number of aryl methyl sites for hydroxylation is 1. The Morgan fingerprint density at radius 2 is 2.10 bits per heavy atom. The number of rotatable bonds is 4. The van der Waals surface area contributed by atoms with Crippen LogP contribution in [0.4, 0.5) is 11.8 Å². The number of anilines is 2. The number of nitrogens with one attached hydrogen (secondary N) is 2. The molecule has 0 amide bonds. The number of thiophene rings is 1. The monoisotopic (exact) mass is 305 g/mol. The highest BCUT2D eigenvalue weighted by Gasteiger charge is 2.19. The maximum atomic E-state index is 4.64. The van der Waals surface area contributed by atoms with Gasteiger partial charge in [0.2, 0.25) is 5.95 Å². The maximum absolute atomic E-state index is 4.64. The normalized spacial score (nSPS) is 17.3. The van der Waals surface area contributed by atoms with Crippen molar-refractivity contribution in [1.29, 1.82) is 0 Å². The van der Waals surface area contributed by atoms with Gasteiger partial charge in [-0.3, -0.25) is 0 Å². The van der Waals surface area contributed by atoms with Crippen LogP contribution in [0.1, 0.15) is 24.6 Å². The van der Waals surface area contributed by atoms with Crippen LogP contribution in [-0.4, -0.2) is 48.1 Å². The van der Waals surface area contributed by atoms with E-state index >= 15 is 0 Å². The summed E-state index contributed by atoms with van der Waals surface area (Å²) in [7, 11) is 4.06. The predicted molar refractivity (Wildman–Crippen MR) is 90.5 cm³/mol. The van der Waals surface area contributed by atoms with E-state index in [2.05, 4.69) is 45.5 Å². The average Bonchev–Trinajstić information content (AvgIpc) is 2.92. The highest BCUT2D eigenvalue weighted by atomic mass is 32.1. The molecule has 114 valence electrons. The largest absolute Gasteiger partial charge is 0.367 e. The zero-order valence-corrected chi connectivity index (χ0v) is 13.8. The molecule has 21 heavy (non-hydrogen) atoms. The minimum Gasteiger partial charge on any atom is -0.367 e. The van der Waals surface area contributed by atoms with Crippen molar-refractivity contribution in [2.45, 2.75) is 32.2 Å². The maximum Gasteiger partial charge on any atom is 0.225 e. The van der Waals surface area contributed by atoms with Crippen molar-refractivity contribution in [3.63, 3.8) is 0 Å². The van der Waals surface area contributed by atoms with E-state index in [0.29, 0.717) is 12.0 Å². The van der Waals surface area contributed by atoms with Gasteiger partial charge in [0, 0.05) is 18.0 Å². The molecule has 0 saturated carbocycles. The first-order valence-corrected chi connectivity index (χ1v) is 8.44. The fraction of sp³-hybridized carbons (Fsp3) is 0.600. The van der Waals surface area contributed by atoms with Gasteiger partial charge in [0.05, 0.1) is 5.39 Å². The lowest BCUT2D eigenvalue weighted by Gasteiger charge is -2.30. The number of nitrogens with zero attached hydrogens (tertiary/aromatic N) is 3. The SMILES string of the molecule is CCc1cc2c(NC3CCN(C)CC3)nc(NC)nc2s1. The van der Waals surface area contributed by atoms with Crippen molar-refractivity contribution in [2.24, 2.45) is 0 Å². The number of hydrogen-bond donors (Lipinski definition) is 2. The first kappa shape index (κ1) is 14.5. The quantitative estimate of drug-likeness (QED) is 0.910. The molecule has 3 heterocycles. The fourth-order valence-electron chi connectivity index (χ4n) is 2.71. The van der Waals surface area contributed by atoms with Gasteiger partial charge >= 0.3 is 0 Å². The van der Waals surface area contributed by atoms with Gasteiger partial charge in [0.1, 0.15) is 10.6 Å². The summed E-state index contributed by atoms with van der Waals surface area (Å²) in [6.45, 7) is 4.48. The molecule has 0 aromatic carbocycles. The summed E-state index contributed by atoms with van der Waals surface area (Å²) in [5.41, 5.74) is 0. The Morgan fingerprint density at radius 3 is 2.76 bits per heavy atom. The van der Waals surface area contributed by atoms with E-state index in [9.17, 15) is 0 Å². The lowest BCUT2D eigenvalue weighted by atomic mass is 10.1. The molecule has 1 aliphatic rings. The van der Waals surface area contributed by atoms with Crippen LogP contribution >= 0.6 is 11.3 Å². The molecule has 1 fully saturated rings. The average molecular weight is 305 g/mol. The van der Waals surface area contributed by atoms with Gasteiger partial charge in [-0.15, -0.1) is 11.3 Å². The second-order valence-corrected chi connectivity index (χ2v) is 6.77. The van der Waals surface area contributed by atoms with Gasteiger partial charge in [0.25, 0.3) is 0 Å². The van der Waals surface area contributed by atoms with E-state index in [1.807, 2.05) is 7.05 Å². The van der Waals surface area contributed by atoms with Gasteiger partial charge in [-0.2, -0.15) is 4.98 Å². The minimum absolute atomic E-state index is 0.508. The summed E-state index contributed by atoms with van der Waals surface area (Å²) in [5, 5.41) is 7.87. The van der Waals surface area contributed by atoms with Crippen LogP contribution in [-0.2, 0) is 6.42 Å². The molecule has 0 aliphatic carbocycles. The summed E-state index contributed by atoms with van der Waals surface area (Å²) in [4.78, 5) is 14.0. The number of aromatic nitrogens is 2. The summed E-state index contributed by atoms with van der Waals surface area (Å²) in [6.07, 6.45) is 3.38. The molecule has 2 N–H and O–H groups in total. The van der Waals surface area contributed by atoms with Crippen molar-refractivity contribution >= 4 is 33.3 Å². The minimum atomic E-state index is 0.508. The molecule has 0 atom stereocenters. The van der Waals surface area contributed by atoms with Gasteiger partial charge < -0.3 is 15.5 Å². The van der Waals surface area contributed by atoms with E-state index in [4.69, 9.17) is 0 Å². The summed E-state index contributed by atoms with van der Waals surface area (Å²) >= 11 is 1.76. The number of hydrogen-bond acceptors (Lipinski definition) is 6. The molecular formula is C15H23N5S. The first-order valence-electron chi connectivity index (χ1n) is 7.63. The smallest absolute Gasteiger partial charge is 0.225 e. The van der Waals surface area contributed by atoms with Crippen molar-refractivity contribution in [2.75, 3.05) is 37.8 Å². The molecule has 0 bridgehead atoms. The van der Waals surface area contributed by atoms with E-state index < -0.39 is 0 Å². The Morgan fingerprint density at radius 1 is 1.33 bits per heavy atom. The van der Waals surface area contributed by atoms with Gasteiger partial charge in [-0.25, -0.2) is 4.98 Å². The Kier molecular flexibility index (Phi) is 4.26. The summed E-state index contributed by atoms with van der Waals surface area (Å²) in [5.74, 6) is 1.68. The van der Waals surface area contributed by atoms with Crippen LogP contribution in [0.3, 0.4) is 0 Å². The fourth-order valence-corrected chi connectivity index (χ4v) is 3.68. The molecule has 0 radical (unpaired) electrons. The van der Waals surface area contributed by atoms with E-state index in [1.54, 1.807) is 11.3 Å². The third-order valence-electron chi connectivity index (χ3n) is 4.08. The van der Waals surface area contributed by atoms with Gasteiger partial charge in [-0.1, -0.05) is 6.92 Å². The van der Waals surface area contributed by atoms with Gasteiger partial charge in [0.15, 0.2) is 0 Å². The van der Waals surface area contributed by atoms with Crippen LogP contribution < -0.4 is 10.6 Å². The van der Waals surface area contributed by atoms with Crippen LogP contribution in [0.2, 0.25) is 0 Å². The zero-order chi connectivity index (χ0) is 14.8. The Bertz CT molecular complexity index is 616. The molecule has 6 heteroatoms. The molecule has 0 unspecified atom stereocenters. The Labute approximate surface area is 129 Å². The third kappa shape index (κ3) is 3.11. The van der Waals surface area contributed by atoms with Crippen LogP contribution in [0.5, 0.6) is 0 Å². The topological polar surface area (TPSA) is 53.1 Å². The standard InChI is InChI=1S/C15H23N5S/c1-4-11-9-12-13(17-10-5-7-20(3)8-6-10)18-15(16-2)19-14(12)21-11/h9-10H,4-8H2,1-3H3,(H2,16,17,18,19). The van der Waals surface area contributed by atoms with Crippen molar-refractivity contribution < 1.29 is 0 Å². The zero-order valence-electron chi connectivity index (χ0n) is 12.9. The third-order valence-corrected chi connectivity index (χ3v) is 5.25. The molecule has 1 aliphatic heterocycles. The summed E-state index contributed by atoms with van der Waals surface area (Å²) < 4.78 is 0. The predicted octanol–water partition coefficient (Wildman–Crippen LogP) is 2.80. The van der Waals surface area contributed by atoms with Crippen molar-refractivity contribution in [1.82, 2.24) is 14.9 Å². The molecule has 5 nitrogen and oxygen atoms in total.